The lowest BCUT2D eigenvalue weighted by atomic mass is 9.83. The number of aliphatic hydroxyl groups excluding tert-OH is 1. The van der Waals surface area contributed by atoms with Gasteiger partial charge in [0.15, 0.2) is 0 Å². The van der Waals surface area contributed by atoms with Crippen molar-refractivity contribution in [2.45, 2.75) is 44.8 Å². The van der Waals surface area contributed by atoms with Crippen molar-refractivity contribution in [1.29, 1.82) is 0 Å². The van der Waals surface area contributed by atoms with Gasteiger partial charge in [0.2, 0.25) is 0 Å². The van der Waals surface area contributed by atoms with E-state index in [0.717, 1.165) is 13.1 Å². The van der Waals surface area contributed by atoms with Crippen molar-refractivity contribution in [3.8, 4) is 0 Å². The Morgan fingerprint density at radius 2 is 2.12 bits per heavy atom. The van der Waals surface area contributed by atoms with Crippen LogP contribution in [0.15, 0.2) is 0 Å². The first kappa shape index (κ1) is 14.9. The quantitative estimate of drug-likeness (QED) is 0.696. The van der Waals surface area contributed by atoms with Crippen LogP contribution in [-0.4, -0.2) is 55.5 Å². The predicted octanol–water partition coefficient (Wildman–Crippen LogP) is 0.833. The van der Waals surface area contributed by atoms with Crippen LogP contribution < -0.4 is 5.73 Å². The lowest BCUT2D eigenvalue weighted by Crippen LogP contribution is -2.48. The maximum atomic E-state index is 9.84. The number of nitrogens with two attached hydrogens (primary N) is 1. The maximum Gasteiger partial charge on any atom is 0.0900 e. The Morgan fingerprint density at radius 1 is 1.41 bits per heavy atom. The summed E-state index contributed by atoms with van der Waals surface area (Å²) in [6.07, 6.45) is 4.66. The lowest BCUT2D eigenvalue weighted by molar-refractivity contribution is 0.0127. The lowest BCUT2D eigenvalue weighted by Gasteiger charge is -2.40. The molecule has 1 rings (SSSR count). The van der Waals surface area contributed by atoms with Crippen LogP contribution in [0.4, 0.5) is 0 Å². The standard InChI is InChI=1S/C13H28N2O2/c1-3-15(9-12(16)10-17-2)13-7-5-4-6-11(13)8-14/h11-13,16H,3-10,14H2,1-2H3. The number of ether oxygens (including phenoxy) is 1. The average molecular weight is 244 g/mol. The molecule has 3 unspecified atom stereocenters. The van der Waals surface area contributed by atoms with Crippen LogP contribution in [0.5, 0.6) is 0 Å². The number of likely N-dealkylation sites (N-methyl/N-ethyl adjacent to an activating group) is 1. The summed E-state index contributed by atoms with van der Waals surface area (Å²) in [5.74, 6) is 0.596. The van der Waals surface area contributed by atoms with Crippen molar-refractivity contribution in [3.63, 3.8) is 0 Å². The third kappa shape index (κ3) is 4.54. The molecule has 0 aromatic rings. The van der Waals surface area contributed by atoms with Gasteiger partial charge < -0.3 is 15.6 Å². The van der Waals surface area contributed by atoms with Gasteiger partial charge in [-0.05, 0) is 31.8 Å². The highest BCUT2D eigenvalue weighted by molar-refractivity contribution is 4.84. The summed E-state index contributed by atoms with van der Waals surface area (Å²) in [6, 6.07) is 0.547. The fourth-order valence-corrected chi connectivity index (χ4v) is 2.96. The van der Waals surface area contributed by atoms with Crippen molar-refractivity contribution in [2.24, 2.45) is 11.7 Å². The molecule has 4 nitrogen and oxygen atoms in total. The number of rotatable bonds is 7. The fraction of sp³-hybridized carbons (Fsp3) is 1.00. The molecule has 0 amide bonds. The Hall–Kier alpha value is -0.160. The molecule has 17 heavy (non-hydrogen) atoms. The zero-order valence-corrected chi connectivity index (χ0v) is 11.3. The molecule has 0 bridgehead atoms. The predicted molar refractivity (Wildman–Crippen MR) is 69.9 cm³/mol. The van der Waals surface area contributed by atoms with E-state index in [1.54, 1.807) is 7.11 Å². The van der Waals surface area contributed by atoms with E-state index in [1.165, 1.54) is 25.7 Å². The van der Waals surface area contributed by atoms with Gasteiger partial charge >= 0.3 is 0 Å². The molecule has 0 aromatic heterocycles. The van der Waals surface area contributed by atoms with Gasteiger partial charge in [0, 0.05) is 19.7 Å². The van der Waals surface area contributed by atoms with Gasteiger partial charge in [-0.1, -0.05) is 19.8 Å². The highest BCUT2D eigenvalue weighted by Crippen LogP contribution is 2.27. The van der Waals surface area contributed by atoms with Crippen molar-refractivity contribution in [1.82, 2.24) is 4.90 Å². The molecule has 4 heteroatoms. The van der Waals surface area contributed by atoms with Crippen LogP contribution in [0.3, 0.4) is 0 Å². The third-order valence-electron chi connectivity index (χ3n) is 3.85. The van der Waals surface area contributed by atoms with Crippen LogP contribution in [0.25, 0.3) is 0 Å². The second-order valence-electron chi connectivity index (χ2n) is 5.04. The topological polar surface area (TPSA) is 58.7 Å². The van der Waals surface area contributed by atoms with E-state index in [4.69, 9.17) is 10.5 Å². The van der Waals surface area contributed by atoms with Crippen molar-refractivity contribution in [2.75, 3.05) is 33.4 Å². The molecule has 0 aliphatic heterocycles. The van der Waals surface area contributed by atoms with Gasteiger partial charge in [-0.2, -0.15) is 0 Å². The fourth-order valence-electron chi connectivity index (χ4n) is 2.96. The largest absolute Gasteiger partial charge is 0.389 e. The van der Waals surface area contributed by atoms with Crippen LogP contribution >= 0.6 is 0 Å². The normalized spacial score (nSPS) is 27.4. The highest BCUT2D eigenvalue weighted by Gasteiger charge is 2.29. The summed E-state index contributed by atoms with van der Waals surface area (Å²) >= 11 is 0. The number of methoxy groups -OCH3 is 1. The molecular weight excluding hydrogens is 216 g/mol. The minimum Gasteiger partial charge on any atom is -0.389 e. The Labute approximate surface area is 105 Å². The third-order valence-corrected chi connectivity index (χ3v) is 3.85. The molecule has 1 fully saturated rings. The van der Waals surface area contributed by atoms with E-state index < -0.39 is 0 Å². The first-order chi connectivity index (χ1) is 8.22. The van der Waals surface area contributed by atoms with Gasteiger partial charge in [-0.3, -0.25) is 4.90 Å². The molecule has 0 radical (unpaired) electrons. The van der Waals surface area contributed by atoms with Crippen molar-refractivity contribution in [3.05, 3.63) is 0 Å². The second-order valence-corrected chi connectivity index (χ2v) is 5.04. The molecular formula is C13H28N2O2. The Morgan fingerprint density at radius 3 is 2.71 bits per heavy atom. The molecule has 3 N–H and O–H groups in total. The molecule has 0 heterocycles. The average Bonchev–Trinajstić information content (AvgIpc) is 2.36. The Bertz CT molecular complexity index is 202. The molecule has 0 aromatic carbocycles. The second kappa shape index (κ2) is 8.03. The molecule has 1 aliphatic rings. The number of nitrogens with zero attached hydrogens (tertiary/aromatic N) is 1. The van der Waals surface area contributed by atoms with Crippen LogP contribution in [0.2, 0.25) is 0 Å². The van der Waals surface area contributed by atoms with E-state index in [9.17, 15) is 5.11 Å². The smallest absolute Gasteiger partial charge is 0.0900 e. The summed E-state index contributed by atoms with van der Waals surface area (Å²) in [6.45, 7) is 5.01. The molecule has 1 aliphatic carbocycles. The minimum absolute atomic E-state index is 0.389. The zero-order chi connectivity index (χ0) is 12.7. The molecule has 0 saturated heterocycles. The Balaban J connectivity index is 2.51. The van der Waals surface area contributed by atoms with E-state index in [0.29, 0.717) is 25.1 Å². The van der Waals surface area contributed by atoms with Gasteiger partial charge in [0.05, 0.1) is 12.7 Å². The molecule has 1 saturated carbocycles. The number of aliphatic hydroxyl groups is 1. The van der Waals surface area contributed by atoms with Gasteiger partial charge in [-0.15, -0.1) is 0 Å². The van der Waals surface area contributed by atoms with Gasteiger partial charge in [0.25, 0.3) is 0 Å². The maximum absolute atomic E-state index is 9.84. The van der Waals surface area contributed by atoms with E-state index in [2.05, 4.69) is 11.8 Å². The summed E-state index contributed by atoms with van der Waals surface area (Å²) in [5.41, 5.74) is 5.86. The van der Waals surface area contributed by atoms with Crippen LogP contribution in [0.1, 0.15) is 32.6 Å². The summed E-state index contributed by atoms with van der Waals surface area (Å²) in [4.78, 5) is 2.38. The minimum atomic E-state index is -0.389. The van der Waals surface area contributed by atoms with Crippen molar-refractivity contribution >= 4 is 0 Å². The molecule has 102 valence electrons. The first-order valence-electron chi connectivity index (χ1n) is 6.84. The van der Waals surface area contributed by atoms with Crippen molar-refractivity contribution < 1.29 is 9.84 Å². The molecule has 0 spiro atoms. The summed E-state index contributed by atoms with van der Waals surface area (Å²) < 4.78 is 4.99. The van der Waals surface area contributed by atoms with E-state index in [1.807, 2.05) is 0 Å². The number of hydrogen-bond acceptors (Lipinski definition) is 4. The molecule has 3 atom stereocenters. The number of hydrogen-bond donors (Lipinski definition) is 2. The van der Waals surface area contributed by atoms with E-state index in [-0.39, 0.29) is 6.10 Å². The summed E-state index contributed by atoms with van der Waals surface area (Å²) in [7, 11) is 1.63. The zero-order valence-electron chi connectivity index (χ0n) is 11.3. The summed E-state index contributed by atoms with van der Waals surface area (Å²) in [5, 5.41) is 9.84. The van der Waals surface area contributed by atoms with Gasteiger partial charge in [0.1, 0.15) is 0 Å². The van der Waals surface area contributed by atoms with Crippen LogP contribution in [0, 0.1) is 5.92 Å². The monoisotopic (exact) mass is 244 g/mol. The Kier molecular flexibility index (Phi) is 7.04. The first-order valence-corrected chi connectivity index (χ1v) is 6.84. The van der Waals surface area contributed by atoms with E-state index >= 15 is 0 Å². The van der Waals surface area contributed by atoms with Gasteiger partial charge in [-0.25, -0.2) is 0 Å². The SMILES string of the molecule is CCN(CC(O)COC)C1CCCCC1CN. The highest BCUT2D eigenvalue weighted by atomic mass is 16.5. The van der Waals surface area contributed by atoms with Crippen LogP contribution in [-0.2, 0) is 4.74 Å².